The molecule has 0 amide bonds. The number of carbonyl (C=O) groups is 1. The number of rotatable bonds is 7. The van der Waals surface area contributed by atoms with Crippen LogP contribution in [0.5, 0.6) is 0 Å². The number of carboxylic acids is 1. The number of aryl methyl sites for hydroxylation is 2. The van der Waals surface area contributed by atoms with Gasteiger partial charge in [-0.25, -0.2) is 0 Å². The maximum absolute atomic E-state index is 11.0. The number of nitrogens with two attached hydrogens (primary N) is 1. The summed E-state index contributed by atoms with van der Waals surface area (Å²) in [5, 5.41) is 9.00. The van der Waals surface area contributed by atoms with Crippen molar-refractivity contribution in [2.45, 2.75) is 52.0 Å². The lowest BCUT2D eigenvalue weighted by molar-refractivity contribution is -0.143. The predicted octanol–water partition coefficient (Wildman–Crippen LogP) is 3.15. The molecule has 0 fully saturated rings. The smallest absolute Gasteiger partial charge is 0.323 e. The fourth-order valence-corrected chi connectivity index (χ4v) is 2.44. The molecule has 1 aromatic rings. The van der Waals surface area contributed by atoms with E-state index in [0.29, 0.717) is 12.3 Å². The summed E-state index contributed by atoms with van der Waals surface area (Å²) in [6, 6.07) is 8.52. The molecule has 0 aliphatic heterocycles. The molecule has 3 heteroatoms. The maximum Gasteiger partial charge on any atom is 0.323 e. The Morgan fingerprint density at radius 3 is 2.74 bits per heavy atom. The summed E-state index contributed by atoms with van der Waals surface area (Å²) in [7, 11) is 0. The van der Waals surface area contributed by atoms with Crippen LogP contribution in [-0.2, 0) is 11.2 Å². The number of hydrogen-bond donors (Lipinski definition) is 2. The highest BCUT2D eigenvalue weighted by atomic mass is 16.4. The highest BCUT2D eigenvalue weighted by Gasteiger charge is 2.29. The third kappa shape index (κ3) is 5.43. The van der Waals surface area contributed by atoms with Gasteiger partial charge in [0.25, 0.3) is 0 Å². The molecule has 2 atom stereocenters. The van der Waals surface area contributed by atoms with E-state index in [1.165, 1.54) is 11.1 Å². The van der Waals surface area contributed by atoms with Crippen LogP contribution in [0.3, 0.4) is 0 Å². The molecular formula is C16H25NO2. The third-order valence-electron chi connectivity index (χ3n) is 3.51. The van der Waals surface area contributed by atoms with Crippen LogP contribution in [0.1, 0.15) is 44.2 Å². The van der Waals surface area contributed by atoms with Crippen LogP contribution in [0.15, 0.2) is 24.3 Å². The van der Waals surface area contributed by atoms with Gasteiger partial charge in [-0.1, -0.05) is 43.2 Å². The Bertz CT molecular complexity index is 427. The minimum absolute atomic E-state index is 0.330. The lowest BCUT2D eigenvalue weighted by atomic mass is 9.87. The molecule has 106 valence electrons. The molecule has 0 heterocycles. The van der Waals surface area contributed by atoms with E-state index < -0.39 is 11.5 Å². The van der Waals surface area contributed by atoms with E-state index >= 15 is 0 Å². The summed E-state index contributed by atoms with van der Waals surface area (Å²) in [4.78, 5) is 11.0. The van der Waals surface area contributed by atoms with Crippen molar-refractivity contribution in [3.63, 3.8) is 0 Å². The van der Waals surface area contributed by atoms with Gasteiger partial charge in [-0.05, 0) is 44.6 Å². The zero-order valence-electron chi connectivity index (χ0n) is 12.1. The number of carboxylic acid groups (broad SMARTS) is 1. The predicted molar refractivity (Wildman–Crippen MR) is 78.1 cm³/mol. The van der Waals surface area contributed by atoms with Gasteiger partial charge in [0.1, 0.15) is 5.54 Å². The quantitative estimate of drug-likeness (QED) is 0.794. The molecule has 3 nitrogen and oxygen atoms in total. The van der Waals surface area contributed by atoms with Gasteiger partial charge in [-0.2, -0.15) is 0 Å². The zero-order chi connectivity index (χ0) is 14.5. The standard InChI is InChI=1S/C16H25NO2/c1-12-6-4-8-14(10-12)9-5-7-13(2)11-16(3,17)15(18)19/h4,6,8,10,13H,5,7,9,11,17H2,1-3H3,(H,18,19). The second-order valence-electron chi connectivity index (χ2n) is 5.91. The minimum atomic E-state index is -1.11. The third-order valence-corrected chi connectivity index (χ3v) is 3.51. The topological polar surface area (TPSA) is 63.3 Å². The van der Waals surface area contributed by atoms with Gasteiger partial charge in [0, 0.05) is 0 Å². The van der Waals surface area contributed by atoms with Crippen molar-refractivity contribution >= 4 is 5.97 Å². The largest absolute Gasteiger partial charge is 0.480 e. The Hall–Kier alpha value is -1.35. The molecule has 0 spiro atoms. The molecule has 2 unspecified atom stereocenters. The molecule has 0 aromatic heterocycles. The monoisotopic (exact) mass is 263 g/mol. The highest BCUT2D eigenvalue weighted by Crippen LogP contribution is 2.20. The first-order valence-electron chi connectivity index (χ1n) is 6.89. The Balaban J connectivity index is 2.35. The fraction of sp³-hybridized carbons (Fsp3) is 0.562. The number of hydrogen-bond acceptors (Lipinski definition) is 2. The Morgan fingerprint density at radius 2 is 2.16 bits per heavy atom. The Labute approximate surface area is 115 Å². The first-order valence-corrected chi connectivity index (χ1v) is 6.89. The Morgan fingerprint density at radius 1 is 1.47 bits per heavy atom. The number of benzene rings is 1. The van der Waals surface area contributed by atoms with Crippen molar-refractivity contribution in [2.24, 2.45) is 11.7 Å². The average molecular weight is 263 g/mol. The van der Waals surface area contributed by atoms with Gasteiger partial charge in [-0.3, -0.25) is 4.79 Å². The minimum Gasteiger partial charge on any atom is -0.480 e. The maximum atomic E-state index is 11.0. The van der Waals surface area contributed by atoms with Crippen molar-refractivity contribution in [2.75, 3.05) is 0 Å². The molecular weight excluding hydrogens is 238 g/mol. The van der Waals surface area contributed by atoms with Gasteiger partial charge in [0.05, 0.1) is 0 Å². The van der Waals surface area contributed by atoms with Gasteiger partial charge in [-0.15, -0.1) is 0 Å². The average Bonchev–Trinajstić information content (AvgIpc) is 2.28. The van der Waals surface area contributed by atoms with E-state index in [2.05, 4.69) is 38.1 Å². The SMILES string of the molecule is Cc1cccc(CCCC(C)CC(C)(N)C(=O)O)c1. The molecule has 0 saturated carbocycles. The summed E-state index contributed by atoms with van der Waals surface area (Å²) in [5.74, 6) is -0.589. The summed E-state index contributed by atoms with van der Waals surface area (Å²) < 4.78 is 0. The zero-order valence-corrected chi connectivity index (χ0v) is 12.1. The van der Waals surface area contributed by atoms with E-state index in [9.17, 15) is 4.79 Å². The molecule has 3 N–H and O–H groups in total. The molecule has 1 aromatic carbocycles. The Kier molecular flexibility index (Phi) is 5.55. The second kappa shape index (κ2) is 6.71. The van der Waals surface area contributed by atoms with Crippen LogP contribution in [0.25, 0.3) is 0 Å². The van der Waals surface area contributed by atoms with Crippen molar-refractivity contribution in [1.29, 1.82) is 0 Å². The van der Waals surface area contributed by atoms with Crippen molar-refractivity contribution < 1.29 is 9.90 Å². The van der Waals surface area contributed by atoms with Crippen LogP contribution < -0.4 is 5.73 Å². The summed E-state index contributed by atoms with van der Waals surface area (Å²) >= 11 is 0. The van der Waals surface area contributed by atoms with E-state index in [0.717, 1.165) is 19.3 Å². The number of aliphatic carboxylic acids is 1. The summed E-state index contributed by atoms with van der Waals surface area (Å²) in [5.41, 5.74) is 7.29. The van der Waals surface area contributed by atoms with Crippen LogP contribution >= 0.6 is 0 Å². The molecule has 0 aliphatic rings. The van der Waals surface area contributed by atoms with Crippen LogP contribution in [0.2, 0.25) is 0 Å². The first-order chi connectivity index (χ1) is 8.81. The van der Waals surface area contributed by atoms with E-state index in [-0.39, 0.29) is 0 Å². The first kappa shape index (κ1) is 15.7. The molecule has 0 radical (unpaired) electrons. The summed E-state index contributed by atoms with van der Waals surface area (Å²) in [6.07, 6.45) is 3.64. The van der Waals surface area contributed by atoms with Crippen molar-refractivity contribution in [1.82, 2.24) is 0 Å². The normalized spacial score (nSPS) is 15.8. The summed E-state index contributed by atoms with van der Waals surface area (Å²) in [6.45, 7) is 5.76. The van der Waals surface area contributed by atoms with Crippen LogP contribution in [-0.4, -0.2) is 16.6 Å². The lowest BCUT2D eigenvalue weighted by Gasteiger charge is -2.23. The van der Waals surface area contributed by atoms with E-state index in [1.54, 1.807) is 6.92 Å². The molecule has 19 heavy (non-hydrogen) atoms. The van der Waals surface area contributed by atoms with Gasteiger partial charge in [0.15, 0.2) is 0 Å². The van der Waals surface area contributed by atoms with E-state index in [4.69, 9.17) is 10.8 Å². The molecule has 1 rings (SSSR count). The van der Waals surface area contributed by atoms with Gasteiger partial charge < -0.3 is 10.8 Å². The van der Waals surface area contributed by atoms with Crippen molar-refractivity contribution in [3.8, 4) is 0 Å². The molecule has 0 saturated heterocycles. The second-order valence-corrected chi connectivity index (χ2v) is 5.91. The molecule has 0 bridgehead atoms. The van der Waals surface area contributed by atoms with Gasteiger partial charge in [0.2, 0.25) is 0 Å². The van der Waals surface area contributed by atoms with Crippen LogP contribution in [0, 0.1) is 12.8 Å². The molecule has 0 aliphatic carbocycles. The van der Waals surface area contributed by atoms with Crippen molar-refractivity contribution in [3.05, 3.63) is 35.4 Å². The fourth-order valence-electron chi connectivity index (χ4n) is 2.44. The van der Waals surface area contributed by atoms with Crippen LogP contribution in [0.4, 0.5) is 0 Å². The van der Waals surface area contributed by atoms with Gasteiger partial charge >= 0.3 is 5.97 Å². The lowest BCUT2D eigenvalue weighted by Crippen LogP contribution is -2.46. The highest BCUT2D eigenvalue weighted by molar-refractivity contribution is 5.77. The van der Waals surface area contributed by atoms with E-state index in [1.807, 2.05) is 0 Å².